The highest BCUT2D eigenvalue weighted by Gasteiger charge is 2.17. The molecule has 158 valence electrons. The number of hydrogen-bond acceptors (Lipinski definition) is 6. The van der Waals surface area contributed by atoms with E-state index in [9.17, 15) is 13.2 Å². The molecule has 2 rings (SSSR count). The van der Waals surface area contributed by atoms with Crippen LogP contribution in [0.15, 0.2) is 29.2 Å². The van der Waals surface area contributed by atoms with Gasteiger partial charge in [-0.05, 0) is 58.0 Å². The first-order valence-electron chi connectivity index (χ1n) is 9.65. The number of hydrogen-bond donors (Lipinski definition) is 2. The normalized spacial score (nSPS) is 16.7. The number of amides is 1. The van der Waals surface area contributed by atoms with Gasteiger partial charge in [0.15, 0.2) is 6.10 Å². The maximum absolute atomic E-state index is 12.4. The van der Waals surface area contributed by atoms with Crippen molar-refractivity contribution < 1.29 is 22.7 Å². The molecule has 1 atom stereocenters. The van der Waals surface area contributed by atoms with Gasteiger partial charge in [-0.3, -0.25) is 9.69 Å². The van der Waals surface area contributed by atoms with E-state index in [1.54, 1.807) is 19.1 Å². The molecule has 28 heavy (non-hydrogen) atoms. The van der Waals surface area contributed by atoms with Crippen molar-refractivity contribution in [1.29, 1.82) is 0 Å². The van der Waals surface area contributed by atoms with Crippen LogP contribution in [0.4, 0.5) is 0 Å². The van der Waals surface area contributed by atoms with Crippen LogP contribution in [-0.4, -0.2) is 70.8 Å². The lowest BCUT2D eigenvalue weighted by Gasteiger charge is -2.26. The predicted molar refractivity (Wildman–Crippen MR) is 107 cm³/mol. The van der Waals surface area contributed by atoms with Crippen molar-refractivity contribution in [3.8, 4) is 5.75 Å². The van der Waals surface area contributed by atoms with E-state index in [0.29, 0.717) is 12.3 Å². The second-order valence-corrected chi connectivity index (χ2v) is 8.87. The Morgan fingerprint density at radius 3 is 2.43 bits per heavy atom. The van der Waals surface area contributed by atoms with Crippen molar-refractivity contribution in [2.45, 2.75) is 44.2 Å². The number of sulfonamides is 1. The van der Waals surface area contributed by atoms with Gasteiger partial charge in [-0.2, -0.15) is 0 Å². The first kappa shape index (κ1) is 22.6. The van der Waals surface area contributed by atoms with Gasteiger partial charge >= 0.3 is 0 Å². The summed E-state index contributed by atoms with van der Waals surface area (Å²) in [5.41, 5.74) is 0. The maximum Gasteiger partial charge on any atom is 0.260 e. The fourth-order valence-electron chi connectivity index (χ4n) is 2.77. The summed E-state index contributed by atoms with van der Waals surface area (Å²) in [7, 11) is -3.57. The molecule has 0 spiro atoms. The Morgan fingerprint density at radius 2 is 1.82 bits per heavy atom. The predicted octanol–water partition coefficient (Wildman–Crippen LogP) is 0.979. The van der Waals surface area contributed by atoms with Gasteiger partial charge in [0.2, 0.25) is 10.0 Å². The van der Waals surface area contributed by atoms with E-state index in [4.69, 9.17) is 9.47 Å². The highest BCUT2D eigenvalue weighted by atomic mass is 32.2. The topological polar surface area (TPSA) is 97.0 Å². The van der Waals surface area contributed by atoms with Crippen LogP contribution in [0.2, 0.25) is 0 Å². The zero-order valence-corrected chi connectivity index (χ0v) is 17.6. The third-order valence-corrected chi connectivity index (χ3v) is 5.77. The summed E-state index contributed by atoms with van der Waals surface area (Å²) in [6.45, 7) is 9.87. The van der Waals surface area contributed by atoms with Gasteiger partial charge in [0.1, 0.15) is 5.75 Å². The summed E-state index contributed by atoms with van der Waals surface area (Å²) in [5, 5.41) is 2.77. The number of benzene rings is 1. The second-order valence-electron chi connectivity index (χ2n) is 7.10. The van der Waals surface area contributed by atoms with Crippen LogP contribution in [-0.2, 0) is 19.6 Å². The molecule has 1 aromatic rings. The smallest absolute Gasteiger partial charge is 0.260 e. The van der Waals surface area contributed by atoms with Gasteiger partial charge < -0.3 is 14.8 Å². The van der Waals surface area contributed by atoms with Gasteiger partial charge in [-0.1, -0.05) is 0 Å². The summed E-state index contributed by atoms with van der Waals surface area (Å²) in [6.07, 6.45) is 0.0753. The van der Waals surface area contributed by atoms with Gasteiger partial charge in [-0.25, -0.2) is 13.1 Å². The summed E-state index contributed by atoms with van der Waals surface area (Å²) in [6, 6.07) is 6.10. The summed E-state index contributed by atoms with van der Waals surface area (Å²) >= 11 is 0. The van der Waals surface area contributed by atoms with Crippen LogP contribution in [0.5, 0.6) is 5.75 Å². The number of rotatable bonds is 10. The number of carbonyl (C=O) groups excluding carboxylic acids is 1. The maximum atomic E-state index is 12.4. The highest BCUT2D eigenvalue weighted by molar-refractivity contribution is 7.89. The molecular weight excluding hydrogens is 382 g/mol. The number of nitrogens with zero attached hydrogens (tertiary/aromatic N) is 1. The standard InChI is InChI=1S/C19H31N3O5S/c1-15(2)21-19(23)16(3)27-17-5-7-18(8-6-17)28(24,25)20-9-4-10-22-11-13-26-14-12-22/h5-8,15-16,20H,4,9-14H2,1-3H3,(H,21,23)/t16-/m0/s1. The van der Waals surface area contributed by atoms with Crippen molar-refractivity contribution in [2.24, 2.45) is 0 Å². The minimum atomic E-state index is -3.57. The molecular formula is C19H31N3O5S. The fraction of sp³-hybridized carbons (Fsp3) is 0.632. The number of carbonyl (C=O) groups is 1. The SMILES string of the molecule is CC(C)NC(=O)[C@H](C)Oc1ccc(S(=O)(=O)NCCCN2CCOCC2)cc1. The van der Waals surface area contributed by atoms with Crippen LogP contribution in [0.1, 0.15) is 27.2 Å². The average Bonchev–Trinajstić information content (AvgIpc) is 2.66. The van der Waals surface area contributed by atoms with Crippen LogP contribution < -0.4 is 14.8 Å². The van der Waals surface area contributed by atoms with E-state index in [1.165, 1.54) is 12.1 Å². The van der Waals surface area contributed by atoms with Gasteiger partial charge in [-0.15, -0.1) is 0 Å². The molecule has 1 aliphatic rings. The lowest BCUT2D eigenvalue weighted by Crippen LogP contribution is -2.40. The molecule has 1 amide bonds. The molecule has 1 saturated heterocycles. The second kappa shape index (κ2) is 10.8. The Bertz CT molecular complexity index is 716. The first-order valence-corrected chi connectivity index (χ1v) is 11.1. The number of morpholine rings is 1. The monoisotopic (exact) mass is 413 g/mol. The molecule has 1 fully saturated rings. The molecule has 2 N–H and O–H groups in total. The Labute approximate surface area is 167 Å². The van der Waals surface area contributed by atoms with Crippen LogP contribution in [0.25, 0.3) is 0 Å². The Kier molecular flexibility index (Phi) is 8.68. The Morgan fingerprint density at radius 1 is 1.18 bits per heavy atom. The number of nitrogens with one attached hydrogen (secondary N) is 2. The fourth-order valence-corrected chi connectivity index (χ4v) is 3.85. The van der Waals surface area contributed by atoms with Gasteiger partial charge in [0, 0.05) is 25.7 Å². The van der Waals surface area contributed by atoms with E-state index in [2.05, 4.69) is 14.9 Å². The summed E-state index contributed by atoms with van der Waals surface area (Å²) in [4.78, 5) is 14.3. The van der Waals surface area contributed by atoms with E-state index in [1.807, 2.05) is 13.8 Å². The van der Waals surface area contributed by atoms with Crippen molar-refractivity contribution in [2.75, 3.05) is 39.4 Å². The van der Waals surface area contributed by atoms with Crippen molar-refractivity contribution in [1.82, 2.24) is 14.9 Å². The zero-order chi connectivity index (χ0) is 20.6. The molecule has 8 nitrogen and oxygen atoms in total. The molecule has 0 unspecified atom stereocenters. The molecule has 0 aliphatic carbocycles. The molecule has 1 aromatic carbocycles. The van der Waals surface area contributed by atoms with Crippen LogP contribution in [0, 0.1) is 0 Å². The van der Waals surface area contributed by atoms with Gasteiger partial charge in [0.05, 0.1) is 18.1 Å². The largest absolute Gasteiger partial charge is 0.481 e. The molecule has 9 heteroatoms. The van der Waals surface area contributed by atoms with Crippen molar-refractivity contribution >= 4 is 15.9 Å². The van der Waals surface area contributed by atoms with Crippen LogP contribution in [0.3, 0.4) is 0 Å². The molecule has 1 aliphatic heterocycles. The summed E-state index contributed by atoms with van der Waals surface area (Å²) < 4.78 is 38.3. The Balaban J connectivity index is 1.80. The number of ether oxygens (including phenoxy) is 2. The minimum Gasteiger partial charge on any atom is -0.481 e. The van der Waals surface area contributed by atoms with E-state index >= 15 is 0 Å². The molecule has 1 heterocycles. The minimum absolute atomic E-state index is 0.0281. The molecule has 0 saturated carbocycles. The van der Waals surface area contributed by atoms with Crippen molar-refractivity contribution in [3.63, 3.8) is 0 Å². The quantitative estimate of drug-likeness (QED) is 0.555. The van der Waals surface area contributed by atoms with Crippen LogP contribution >= 0.6 is 0 Å². The molecule has 0 bridgehead atoms. The summed E-state index contributed by atoms with van der Waals surface area (Å²) in [5.74, 6) is 0.228. The lowest BCUT2D eigenvalue weighted by molar-refractivity contribution is -0.127. The third-order valence-electron chi connectivity index (χ3n) is 4.29. The molecule has 0 radical (unpaired) electrons. The average molecular weight is 414 g/mol. The molecule has 0 aromatic heterocycles. The highest BCUT2D eigenvalue weighted by Crippen LogP contribution is 2.17. The van der Waals surface area contributed by atoms with Crippen molar-refractivity contribution in [3.05, 3.63) is 24.3 Å². The van der Waals surface area contributed by atoms with E-state index in [-0.39, 0.29) is 16.8 Å². The van der Waals surface area contributed by atoms with E-state index < -0.39 is 16.1 Å². The van der Waals surface area contributed by atoms with E-state index in [0.717, 1.165) is 39.3 Å². The zero-order valence-electron chi connectivity index (χ0n) is 16.8. The first-order chi connectivity index (χ1) is 13.3. The Hall–Kier alpha value is -1.68. The third kappa shape index (κ3) is 7.38. The van der Waals surface area contributed by atoms with Gasteiger partial charge in [0.25, 0.3) is 5.91 Å². The lowest BCUT2D eigenvalue weighted by atomic mass is 10.3.